The molecule has 0 spiro atoms. The summed E-state index contributed by atoms with van der Waals surface area (Å²) in [6, 6.07) is 0. The monoisotopic (exact) mass is 1040 g/mol. The van der Waals surface area contributed by atoms with Crippen LogP contribution >= 0.6 is 0 Å². The van der Waals surface area contributed by atoms with Crippen molar-refractivity contribution in [3.8, 4) is 0 Å². The van der Waals surface area contributed by atoms with Crippen molar-refractivity contribution < 1.29 is 28.6 Å². The molecule has 0 saturated heterocycles. The largest absolute Gasteiger partial charge is 0.462 e. The summed E-state index contributed by atoms with van der Waals surface area (Å²) in [4.78, 5) is 38.3. The lowest BCUT2D eigenvalue weighted by Crippen LogP contribution is -2.30. The Kier molecular flexibility index (Phi) is 58.4. The first kappa shape index (κ1) is 70.5. The highest BCUT2D eigenvalue weighted by Gasteiger charge is 2.19. The molecular formula is C69H112O6. The van der Waals surface area contributed by atoms with Gasteiger partial charge in [-0.1, -0.05) is 276 Å². The number of rotatable bonds is 54. The third-order valence-corrected chi connectivity index (χ3v) is 12.7. The molecule has 0 aromatic carbocycles. The van der Waals surface area contributed by atoms with Crippen LogP contribution in [0, 0.1) is 0 Å². The zero-order valence-electron chi connectivity index (χ0n) is 48.5. The van der Waals surface area contributed by atoms with E-state index in [4.69, 9.17) is 14.2 Å². The van der Waals surface area contributed by atoms with Crippen LogP contribution in [0.15, 0.2) is 134 Å². The van der Waals surface area contributed by atoms with Crippen molar-refractivity contribution in [2.75, 3.05) is 13.2 Å². The van der Waals surface area contributed by atoms with Crippen LogP contribution in [0.2, 0.25) is 0 Å². The second kappa shape index (κ2) is 62.1. The van der Waals surface area contributed by atoms with Crippen LogP contribution < -0.4 is 0 Å². The lowest BCUT2D eigenvalue weighted by Gasteiger charge is -2.18. The molecule has 75 heavy (non-hydrogen) atoms. The van der Waals surface area contributed by atoms with Gasteiger partial charge in [0.15, 0.2) is 6.10 Å². The Bertz CT molecular complexity index is 1620. The van der Waals surface area contributed by atoms with Crippen LogP contribution in [-0.2, 0) is 28.6 Å². The molecule has 0 bridgehead atoms. The van der Waals surface area contributed by atoms with E-state index in [-0.39, 0.29) is 31.6 Å². The van der Waals surface area contributed by atoms with Gasteiger partial charge < -0.3 is 14.2 Å². The minimum Gasteiger partial charge on any atom is -0.462 e. The quantitative estimate of drug-likeness (QED) is 0.0261. The van der Waals surface area contributed by atoms with Crippen LogP contribution in [0.1, 0.15) is 265 Å². The summed E-state index contributed by atoms with van der Waals surface area (Å²) in [5, 5.41) is 0. The summed E-state index contributed by atoms with van der Waals surface area (Å²) in [7, 11) is 0. The molecule has 0 aliphatic rings. The van der Waals surface area contributed by atoms with Crippen molar-refractivity contribution in [2.45, 2.75) is 271 Å². The van der Waals surface area contributed by atoms with Gasteiger partial charge in [-0.3, -0.25) is 14.4 Å². The van der Waals surface area contributed by atoms with Crippen molar-refractivity contribution in [3.05, 3.63) is 134 Å². The maximum atomic E-state index is 12.9. The highest BCUT2D eigenvalue weighted by atomic mass is 16.6. The van der Waals surface area contributed by atoms with E-state index in [1.54, 1.807) is 0 Å². The van der Waals surface area contributed by atoms with Gasteiger partial charge in [-0.05, 0) is 103 Å². The summed E-state index contributed by atoms with van der Waals surface area (Å²) in [5.41, 5.74) is 0. The van der Waals surface area contributed by atoms with Crippen LogP contribution in [0.4, 0.5) is 0 Å². The molecule has 6 heteroatoms. The standard InChI is InChI=1S/C69H112O6/c1-4-7-10-13-16-19-22-25-28-31-33-34-36-38-41-44-47-50-53-56-59-62-68(71)74-65-66(64-73-67(70)61-58-55-52-49-46-43-40-37-30-27-24-21-18-15-12-9-6-3)75-69(72)63-60-57-54-51-48-45-42-39-35-32-29-26-23-20-17-14-11-8-5-2/h7-8,10-11,16-17,19-20,25-26,28-29,33-35,38-39,41,45,48,54,57,66H,4-6,9,12-15,18,21-24,27,30-32,36-37,40,42-44,46-47,49-53,55-56,58-65H2,1-3H3/b10-7-,11-8-,19-16-,20-17-,28-25-,29-26-,34-33-,39-35-,41-38-,48-45-,57-54-. The van der Waals surface area contributed by atoms with Gasteiger partial charge in [-0.2, -0.15) is 0 Å². The third-order valence-electron chi connectivity index (χ3n) is 12.7. The number of ether oxygens (including phenoxy) is 3. The van der Waals surface area contributed by atoms with Gasteiger partial charge in [0.1, 0.15) is 13.2 Å². The van der Waals surface area contributed by atoms with E-state index in [0.29, 0.717) is 19.3 Å². The summed E-state index contributed by atoms with van der Waals surface area (Å²) in [6.07, 6.45) is 87.4. The van der Waals surface area contributed by atoms with Gasteiger partial charge in [0.2, 0.25) is 0 Å². The molecule has 0 rings (SSSR count). The van der Waals surface area contributed by atoms with Gasteiger partial charge in [-0.25, -0.2) is 0 Å². The number of carbonyl (C=O) groups is 3. The van der Waals surface area contributed by atoms with Crippen LogP contribution in [0.5, 0.6) is 0 Å². The molecule has 0 amide bonds. The normalized spacial score (nSPS) is 13.1. The van der Waals surface area contributed by atoms with Crippen molar-refractivity contribution in [3.63, 3.8) is 0 Å². The molecule has 0 fully saturated rings. The first-order valence-corrected chi connectivity index (χ1v) is 30.7. The van der Waals surface area contributed by atoms with E-state index >= 15 is 0 Å². The molecule has 0 aliphatic heterocycles. The van der Waals surface area contributed by atoms with E-state index in [2.05, 4.69) is 148 Å². The van der Waals surface area contributed by atoms with Gasteiger partial charge in [0.05, 0.1) is 0 Å². The van der Waals surface area contributed by atoms with Crippen molar-refractivity contribution >= 4 is 17.9 Å². The predicted octanol–water partition coefficient (Wildman–Crippen LogP) is 21.0. The Morgan fingerprint density at radius 2 is 0.547 bits per heavy atom. The average molecular weight is 1040 g/mol. The van der Waals surface area contributed by atoms with E-state index in [0.717, 1.165) is 128 Å². The fourth-order valence-electron chi connectivity index (χ4n) is 8.14. The zero-order chi connectivity index (χ0) is 54.3. The maximum absolute atomic E-state index is 12.9. The number of hydrogen-bond acceptors (Lipinski definition) is 6. The van der Waals surface area contributed by atoms with Crippen LogP contribution in [0.3, 0.4) is 0 Å². The average Bonchev–Trinajstić information content (AvgIpc) is 3.41. The number of esters is 3. The molecule has 0 aromatic heterocycles. The third kappa shape index (κ3) is 60.3. The molecule has 0 aromatic rings. The van der Waals surface area contributed by atoms with E-state index < -0.39 is 12.1 Å². The molecule has 424 valence electrons. The molecule has 0 N–H and O–H groups in total. The summed E-state index contributed by atoms with van der Waals surface area (Å²) in [6.45, 7) is 6.35. The number of hydrogen-bond donors (Lipinski definition) is 0. The number of unbranched alkanes of at least 4 members (excludes halogenated alkanes) is 21. The Balaban J connectivity index is 4.54. The van der Waals surface area contributed by atoms with Crippen LogP contribution in [0.25, 0.3) is 0 Å². The minimum absolute atomic E-state index is 0.116. The van der Waals surface area contributed by atoms with Crippen molar-refractivity contribution in [1.29, 1.82) is 0 Å². The lowest BCUT2D eigenvalue weighted by molar-refractivity contribution is -0.166. The summed E-state index contributed by atoms with van der Waals surface area (Å²) in [5.74, 6) is -1.02. The number of allylic oxidation sites excluding steroid dienone is 22. The Labute approximate surface area is 462 Å². The molecule has 0 heterocycles. The molecule has 1 atom stereocenters. The van der Waals surface area contributed by atoms with Gasteiger partial charge in [-0.15, -0.1) is 0 Å². The first-order valence-electron chi connectivity index (χ1n) is 30.7. The molecule has 0 saturated carbocycles. The van der Waals surface area contributed by atoms with E-state index in [1.807, 2.05) is 6.08 Å². The van der Waals surface area contributed by atoms with E-state index in [1.165, 1.54) is 89.9 Å². The predicted molar refractivity (Wildman–Crippen MR) is 325 cm³/mol. The van der Waals surface area contributed by atoms with E-state index in [9.17, 15) is 14.4 Å². The SMILES string of the molecule is CC/C=C\C/C=C\C/C=C\C/C=C\C/C=C\C/C=C\CCC(=O)OC(COC(=O)CCCCCCC/C=C\C/C=C\C/C=C\C/C=C\C/C=C\CC)COC(=O)CCCCCCCCCCCCCCCCCCC. The highest BCUT2D eigenvalue weighted by Crippen LogP contribution is 2.15. The molecule has 0 aliphatic carbocycles. The highest BCUT2D eigenvalue weighted by molar-refractivity contribution is 5.71. The summed E-state index contributed by atoms with van der Waals surface area (Å²) >= 11 is 0. The molecular weight excluding hydrogens is 925 g/mol. The second-order valence-electron chi connectivity index (χ2n) is 19.9. The fraction of sp³-hybridized carbons (Fsp3) is 0.638. The smallest absolute Gasteiger partial charge is 0.306 e. The van der Waals surface area contributed by atoms with Gasteiger partial charge in [0.25, 0.3) is 0 Å². The van der Waals surface area contributed by atoms with Gasteiger partial charge >= 0.3 is 17.9 Å². The first-order chi connectivity index (χ1) is 37.0. The Hall–Kier alpha value is -4.45. The Morgan fingerprint density at radius 3 is 0.867 bits per heavy atom. The van der Waals surface area contributed by atoms with Gasteiger partial charge in [0, 0.05) is 19.3 Å². The summed E-state index contributed by atoms with van der Waals surface area (Å²) < 4.78 is 16.8. The zero-order valence-corrected chi connectivity index (χ0v) is 48.5. The van der Waals surface area contributed by atoms with Crippen LogP contribution in [-0.4, -0.2) is 37.2 Å². The molecule has 6 nitrogen and oxygen atoms in total. The second-order valence-corrected chi connectivity index (χ2v) is 19.9. The maximum Gasteiger partial charge on any atom is 0.306 e. The van der Waals surface area contributed by atoms with Crippen molar-refractivity contribution in [2.24, 2.45) is 0 Å². The molecule has 1 unspecified atom stereocenters. The minimum atomic E-state index is -0.831. The lowest BCUT2D eigenvalue weighted by atomic mass is 10.0. The van der Waals surface area contributed by atoms with Crippen molar-refractivity contribution in [1.82, 2.24) is 0 Å². The molecule has 0 radical (unpaired) electrons. The topological polar surface area (TPSA) is 78.9 Å². The fourth-order valence-corrected chi connectivity index (χ4v) is 8.14. The number of carbonyl (C=O) groups excluding carboxylic acids is 3. The Morgan fingerprint density at radius 1 is 0.280 bits per heavy atom.